The molecule has 11 heteroatoms. The van der Waals surface area contributed by atoms with Crippen LogP contribution in [-0.2, 0) is 16.0 Å². The highest BCUT2D eigenvalue weighted by molar-refractivity contribution is 7.13. The molecule has 130 valence electrons. The van der Waals surface area contributed by atoms with E-state index in [1.165, 1.54) is 11.3 Å². The molecule has 1 amide bonds. The van der Waals surface area contributed by atoms with Crippen molar-refractivity contribution in [2.24, 2.45) is 0 Å². The Kier molecular flexibility index (Phi) is 5.54. The Balaban J connectivity index is 1.87. The molecule has 0 fully saturated rings. The summed E-state index contributed by atoms with van der Waals surface area (Å²) in [5.41, 5.74) is 0. The molecule has 0 saturated heterocycles. The lowest BCUT2D eigenvalue weighted by Gasteiger charge is -2.15. The summed E-state index contributed by atoms with van der Waals surface area (Å²) in [4.78, 5) is 27.2. The summed E-state index contributed by atoms with van der Waals surface area (Å²) in [7, 11) is 0. The summed E-state index contributed by atoms with van der Waals surface area (Å²) >= 11 is 1.39. The molecule has 1 atom stereocenters. The van der Waals surface area contributed by atoms with Gasteiger partial charge < -0.3 is 14.9 Å². The molecule has 7 nitrogen and oxygen atoms in total. The van der Waals surface area contributed by atoms with Crippen LogP contribution in [0.15, 0.2) is 22.0 Å². The molecule has 24 heavy (non-hydrogen) atoms. The second-order valence-electron chi connectivity index (χ2n) is 4.77. The van der Waals surface area contributed by atoms with Crippen molar-refractivity contribution in [1.29, 1.82) is 0 Å². The molecular formula is C13H12F3N3O4S. The molecule has 2 aromatic heterocycles. The highest BCUT2D eigenvalue weighted by Gasteiger charge is 2.36. The maximum Gasteiger partial charge on any atom is 0.391 e. The predicted molar refractivity (Wildman–Crippen MR) is 76.2 cm³/mol. The minimum atomic E-state index is -4.70. The van der Waals surface area contributed by atoms with E-state index >= 15 is 0 Å². The van der Waals surface area contributed by atoms with Crippen molar-refractivity contribution in [2.45, 2.75) is 31.5 Å². The van der Waals surface area contributed by atoms with Gasteiger partial charge in [0.05, 0.1) is 11.3 Å². The Labute approximate surface area is 137 Å². The summed E-state index contributed by atoms with van der Waals surface area (Å²) in [6, 6.07) is 1.55. The molecule has 0 radical (unpaired) electrons. The van der Waals surface area contributed by atoms with Crippen LogP contribution in [0, 0.1) is 0 Å². The first-order chi connectivity index (χ1) is 11.2. The normalized spacial score (nSPS) is 12.8. The van der Waals surface area contributed by atoms with Gasteiger partial charge >= 0.3 is 12.1 Å². The highest BCUT2D eigenvalue weighted by Crippen LogP contribution is 2.22. The number of nitrogens with zero attached hydrogens (tertiary/aromatic N) is 2. The fourth-order valence-corrected chi connectivity index (χ4v) is 2.43. The molecular weight excluding hydrogens is 351 g/mol. The number of carbonyl (C=O) groups excluding carboxylic acids is 1. The molecule has 0 aliphatic carbocycles. The van der Waals surface area contributed by atoms with Crippen molar-refractivity contribution < 1.29 is 32.4 Å². The zero-order valence-corrected chi connectivity index (χ0v) is 12.9. The Bertz CT molecular complexity index is 700. The zero-order valence-electron chi connectivity index (χ0n) is 12.0. The van der Waals surface area contributed by atoms with Gasteiger partial charge in [0.15, 0.2) is 0 Å². The van der Waals surface area contributed by atoms with Crippen LogP contribution >= 0.6 is 11.3 Å². The number of aromatic nitrogens is 2. The van der Waals surface area contributed by atoms with Crippen molar-refractivity contribution in [3.8, 4) is 10.7 Å². The topological polar surface area (TPSA) is 105 Å². The van der Waals surface area contributed by atoms with E-state index in [2.05, 4.69) is 10.1 Å². The average molecular weight is 363 g/mol. The predicted octanol–water partition coefficient (Wildman–Crippen LogP) is 2.25. The number of aryl methyl sites for hydroxylation is 1. The molecule has 0 spiro atoms. The van der Waals surface area contributed by atoms with Crippen LogP contribution in [0.4, 0.5) is 13.2 Å². The van der Waals surface area contributed by atoms with E-state index in [0.29, 0.717) is 5.82 Å². The van der Waals surface area contributed by atoms with Crippen LogP contribution in [0.25, 0.3) is 10.7 Å². The van der Waals surface area contributed by atoms with E-state index in [0.717, 1.165) is 4.88 Å². The largest absolute Gasteiger partial charge is 0.480 e. The monoisotopic (exact) mass is 363 g/mol. The molecule has 0 aromatic carbocycles. The lowest BCUT2D eigenvalue weighted by Crippen LogP contribution is -2.43. The molecule has 0 saturated carbocycles. The third-order valence-electron chi connectivity index (χ3n) is 2.84. The Morgan fingerprint density at radius 3 is 2.75 bits per heavy atom. The Morgan fingerprint density at radius 1 is 1.42 bits per heavy atom. The highest BCUT2D eigenvalue weighted by atomic mass is 32.1. The summed E-state index contributed by atoms with van der Waals surface area (Å²) in [6.45, 7) is 0. The van der Waals surface area contributed by atoms with Gasteiger partial charge in [0.2, 0.25) is 17.6 Å². The van der Waals surface area contributed by atoms with Gasteiger partial charge in [0.1, 0.15) is 6.04 Å². The van der Waals surface area contributed by atoms with Gasteiger partial charge in [-0.3, -0.25) is 4.79 Å². The maximum atomic E-state index is 12.3. The van der Waals surface area contributed by atoms with E-state index < -0.39 is 30.5 Å². The number of rotatable bonds is 7. The quantitative estimate of drug-likeness (QED) is 0.782. The SMILES string of the molecule is O=C(CCc1nc(-c2cccs2)no1)NC(CC(F)(F)F)C(=O)O. The number of nitrogens with one attached hydrogen (secondary N) is 1. The number of aliphatic carboxylic acids is 1. The third-order valence-corrected chi connectivity index (χ3v) is 3.71. The minimum Gasteiger partial charge on any atom is -0.480 e. The van der Waals surface area contributed by atoms with Crippen LogP contribution in [0.1, 0.15) is 18.7 Å². The van der Waals surface area contributed by atoms with Crippen molar-refractivity contribution in [3.63, 3.8) is 0 Å². The number of carboxylic acid groups (broad SMARTS) is 1. The van der Waals surface area contributed by atoms with Gasteiger partial charge in [-0.1, -0.05) is 11.2 Å². The first kappa shape index (κ1) is 17.9. The first-order valence-corrected chi connectivity index (χ1v) is 7.58. The standard InChI is InChI=1S/C13H12F3N3O4S/c14-13(15,16)6-7(12(21)22)17-9(20)3-4-10-18-11(19-23-10)8-2-1-5-24-8/h1-2,5,7H,3-4,6H2,(H,17,20)(H,21,22). The van der Waals surface area contributed by atoms with E-state index in [4.69, 9.17) is 9.63 Å². The van der Waals surface area contributed by atoms with Crippen molar-refractivity contribution in [2.75, 3.05) is 0 Å². The van der Waals surface area contributed by atoms with E-state index in [1.54, 1.807) is 12.1 Å². The minimum absolute atomic E-state index is 0.0113. The molecule has 2 heterocycles. The molecule has 2 rings (SSSR count). The Morgan fingerprint density at radius 2 is 2.17 bits per heavy atom. The van der Waals surface area contributed by atoms with Gasteiger partial charge in [0, 0.05) is 12.8 Å². The van der Waals surface area contributed by atoms with Crippen molar-refractivity contribution in [1.82, 2.24) is 15.5 Å². The molecule has 1 unspecified atom stereocenters. The van der Waals surface area contributed by atoms with Crippen LogP contribution in [0.3, 0.4) is 0 Å². The first-order valence-electron chi connectivity index (χ1n) is 6.70. The lowest BCUT2D eigenvalue weighted by atomic mass is 10.2. The van der Waals surface area contributed by atoms with Crippen LogP contribution in [-0.4, -0.2) is 39.3 Å². The van der Waals surface area contributed by atoms with Gasteiger partial charge in [-0.15, -0.1) is 11.3 Å². The van der Waals surface area contributed by atoms with Gasteiger partial charge in [-0.05, 0) is 11.4 Å². The number of hydrogen-bond donors (Lipinski definition) is 2. The fourth-order valence-electron chi connectivity index (χ4n) is 1.78. The van der Waals surface area contributed by atoms with E-state index in [9.17, 15) is 22.8 Å². The maximum absolute atomic E-state index is 12.3. The molecule has 2 aromatic rings. The van der Waals surface area contributed by atoms with Gasteiger partial charge in [-0.2, -0.15) is 18.2 Å². The third kappa shape index (κ3) is 5.33. The van der Waals surface area contributed by atoms with Crippen LogP contribution in [0.5, 0.6) is 0 Å². The Hall–Kier alpha value is -2.43. The van der Waals surface area contributed by atoms with Gasteiger partial charge in [-0.25, -0.2) is 4.79 Å². The average Bonchev–Trinajstić information content (AvgIpc) is 3.14. The number of carboxylic acids is 1. The smallest absolute Gasteiger partial charge is 0.391 e. The lowest BCUT2D eigenvalue weighted by molar-refractivity contribution is -0.160. The number of thiophene rings is 1. The van der Waals surface area contributed by atoms with E-state index in [-0.39, 0.29) is 18.7 Å². The molecule has 0 aliphatic rings. The fraction of sp³-hybridized carbons (Fsp3) is 0.385. The van der Waals surface area contributed by atoms with Crippen molar-refractivity contribution >= 4 is 23.2 Å². The van der Waals surface area contributed by atoms with Gasteiger partial charge in [0.25, 0.3) is 0 Å². The summed E-state index contributed by atoms with van der Waals surface area (Å²) in [5, 5.41) is 16.1. The number of halogens is 3. The summed E-state index contributed by atoms with van der Waals surface area (Å²) < 4.78 is 41.7. The van der Waals surface area contributed by atoms with E-state index in [1.807, 2.05) is 10.7 Å². The number of amides is 1. The van der Waals surface area contributed by atoms with Crippen LogP contribution in [0.2, 0.25) is 0 Å². The second-order valence-corrected chi connectivity index (χ2v) is 5.71. The number of carbonyl (C=O) groups is 2. The molecule has 0 bridgehead atoms. The number of hydrogen-bond acceptors (Lipinski definition) is 6. The summed E-state index contributed by atoms with van der Waals surface area (Å²) in [5.74, 6) is -2.11. The molecule has 0 aliphatic heterocycles. The number of alkyl halides is 3. The second kappa shape index (κ2) is 7.43. The zero-order chi connectivity index (χ0) is 17.7. The summed E-state index contributed by atoms with van der Waals surface area (Å²) in [6.07, 6.45) is -6.62. The van der Waals surface area contributed by atoms with Crippen LogP contribution < -0.4 is 5.32 Å². The van der Waals surface area contributed by atoms with Crippen molar-refractivity contribution in [3.05, 3.63) is 23.4 Å². The molecule has 2 N–H and O–H groups in total.